The van der Waals surface area contributed by atoms with Gasteiger partial charge in [-0.1, -0.05) is 24.3 Å². The minimum absolute atomic E-state index is 0.178. The summed E-state index contributed by atoms with van der Waals surface area (Å²) in [7, 11) is 1.58. The van der Waals surface area contributed by atoms with Gasteiger partial charge in [0, 0.05) is 22.7 Å². The molecule has 0 unspecified atom stereocenters. The van der Waals surface area contributed by atoms with E-state index in [0.717, 1.165) is 10.6 Å². The van der Waals surface area contributed by atoms with Crippen LogP contribution in [0.4, 0.5) is 5.69 Å². The molecule has 1 N–H and O–H groups in total. The molecule has 0 saturated carbocycles. The van der Waals surface area contributed by atoms with Gasteiger partial charge in [-0.3, -0.25) is 4.79 Å². The van der Waals surface area contributed by atoms with Gasteiger partial charge in [0.25, 0.3) is 5.91 Å². The second kappa shape index (κ2) is 6.41. The first-order chi connectivity index (χ1) is 10.8. The van der Waals surface area contributed by atoms with Gasteiger partial charge in [0.2, 0.25) is 0 Å². The highest BCUT2D eigenvalue weighted by molar-refractivity contribution is 7.13. The van der Waals surface area contributed by atoms with E-state index in [1.807, 2.05) is 41.8 Å². The minimum Gasteiger partial charge on any atom is -0.495 e. The van der Waals surface area contributed by atoms with Gasteiger partial charge in [0.15, 0.2) is 0 Å². The van der Waals surface area contributed by atoms with E-state index in [0.29, 0.717) is 17.0 Å². The van der Waals surface area contributed by atoms with Crippen LogP contribution in [0.1, 0.15) is 10.4 Å². The average Bonchev–Trinajstić information content (AvgIpc) is 3.10. The zero-order valence-corrected chi connectivity index (χ0v) is 12.8. The predicted octanol–water partition coefficient (Wildman–Crippen LogP) is 4.07. The summed E-state index contributed by atoms with van der Waals surface area (Å²) in [6.07, 6.45) is 1.75. The lowest BCUT2D eigenvalue weighted by Gasteiger charge is -2.10. The van der Waals surface area contributed by atoms with Crippen LogP contribution in [0.5, 0.6) is 5.75 Å². The summed E-state index contributed by atoms with van der Waals surface area (Å²) in [5, 5.41) is 5.68. The Kier molecular flexibility index (Phi) is 4.16. The first-order valence-electron chi connectivity index (χ1n) is 6.72. The van der Waals surface area contributed by atoms with Crippen LogP contribution in [0.15, 0.2) is 60.1 Å². The van der Waals surface area contributed by atoms with Gasteiger partial charge in [0.1, 0.15) is 10.8 Å². The number of anilines is 1. The molecule has 0 saturated heterocycles. The van der Waals surface area contributed by atoms with Crippen molar-refractivity contribution in [1.82, 2.24) is 4.98 Å². The molecule has 0 atom stereocenters. The summed E-state index contributed by atoms with van der Waals surface area (Å²) in [5.74, 6) is 0.454. The molecule has 0 aliphatic heterocycles. The largest absolute Gasteiger partial charge is 0.495 e. The molecule has 1 aromatic heterocycles. The standard InChI is InChI=1S/C17H14N2O2S/c1-21-15-8-3-2-7-14(15)19-16(20)12-5-4-6-13(11-12)17-18-9-10-22-17/h2-11H,1H3,(H,19,20). The molecule has 3 aromatic rings. The molecular formula is C17H14N2O2S. The van der Waals surface area contributed by atoms with Crippen LogP contribution in [-0.4, -0.2) is 18.0 Å². The number of para-hydroxylation sites is 2. The number of nitrogens with zero attached hydrogens (tertiary/aromatic N) is 1. The maximum atomic E-state index is 12.4. The molecule has 22 heavy (non-hydrogen) atoms. The number of thiazole rings is 1. The van der Waals surface area contributed by atoms with E-state index in [1.165, 1.54) is 0 Å². The predicted molar refractivity (Wildman–Crippen MR) is 88.5 cm³/mol. The maximum Gasteiger partial charge on any atom is 0.255 e. The molecule has 0 aliphatic rings. The first kappa shape index (κ1) is 14.3. The number of amides is 1. The van der Waals surface area contributed by atoms with E-state index in [1.54, 1.807) is 36.8 Å². The fourth-order valence-corrected chi connectivity index (χ4v) is 2.74. The van der Waals surface area contributed by atoms with E-state index < -0.39 is 0 Å². The molecule has 0 bridgehead atoms. The number of carbonyl (C=O) groups is 1. The van der Waals surface area contributed by atoms with Crippen LogP contribution in [-0.2, 0) is 0 Å². The van der Waals surface area contributed by atoms with E-state index in [4.69, 9.17) is 4.74 Å². The molecule has 3 rings (SSSR count). The number of hydrogen-bond donors (Lipinski definition) is 1. The lowest BCUT2D eigenvalue weighted by atomic mass is 10.1. The van der Waals surface area contributed by atoms with Crippen LogP contribution >= 0.6 is 11.3 Å². The molecular weight excluding hydrogens is 296 g/mol. The van der Waals surface area contributed by atoms with Gasteiger partial charge in [-0.05, 0) is 24.3 Å². The summed E-state index contributed by atoms with van der Waals surface area (Å²) in [6, 6.07) is 14.7. The third kappa shape index (κ3) is 2.99. The Balaban J connectivity index is 1.85. The van der Waals surface area contributed by atoms with Crippen molar-refractivity contribution in [2.75, 3.05) is 12.4 Å². The molecule has 0 radical (unpaired) electrons. The molecule has 0 fully saturated rings. The molecule has 5 heteroatoms. The summed E-state index contributed by atoms with van der Waals surface area (Å²) in [5.41, 5.74) is 2.16. The highest BCUT2D eigenvalue weighted by Crippen LogP contribution is 2.25. The lowest BCUT2D eigenvalue weighted by Crippen LogP contribution is -2.12. The number of carbonyl (C=O) groups excluding carboxylic acids is 1. The van der Waals surface area contributed by atoms with E-state index in [-0.39, 0.29) is 5.91 Å². The van der Waals surface area contributed by atoms with Crippen molar-refractivity contribution in [1.29, 1.82) is 0 Å². The third-order valence-corrected chi connectivity index (χ3v) is 3.98. The second-order valence-corrected chi connectivity index (χ2v) is 5.47. The Hall–Kier alpha value is -2.66. The zero-order chi connectivity index (χ0) is 15.4. The van der Waals surface area contributed by atoms with Crippen LogP contribution in [0.2, 0.25) is 0 Å². The van der Waals surface area contributed by atoms with Crippen molar-refractivity contribution in [2.45, 2.75) is 0 Å². The van der Waals surface area contributed by atoms with E-state index in [2.05, 4.69) is 10.3 Å². The van der Waals surface area contributed by atoms with Gasteiger partial charge < -0.3 is 10.1 Å². The van der Waals surface area contributed by atoms with Crippen molar-refractivity contribution in [3.63, 3.8) is 0 Å². The average molecular weight is 310 g/mol. The highest BCUT2D eigenvalue weighted by atomic mass is 32.1. The molecule has 1 amide bonds. The number of methoxy groups -OCH3 is 1. The molecule has 1 heterocycles. The quantitative estimate of drug-likeness (QED) is 0.790. The van der Waals surface area contributed by atoms with Crippen molar-refractivity contribution in [2.24, 2.45) is 0 Å². The number of nitrogens with one attached hydrogen (secondary N) is 1. The Labute approximate surface area is 132 Å². The number of benzene rings is 2. The smallest absolute Gasteiger partial charge is 0.255 e. The second-order valence-electron chi connectivity index (χ2n) is 4.57. The molecule has 2 aromatic carbocycles. The Bertz CT molecular complexity index is 785. The molecule has 0 aliphatic carbocycles. The molecule has 4 nitrogen and oxygen atoms in total. The monoisotopic (exact) mass is 310 g/mol. The number of aromatic nitrogens is 1. The first-order valence-corrected chi connectivity index (χ1v) is 7.60. The zero-order valence-electron chi connectivity index (χ0n) is 11.9. The lowest BCUT2D eigenvalue weighted by molar-refractivity contribution is 0.102. The SMILES string of the molecule is COc1ccccc1NC(=O)c1cccc(-c2nccs2)c1. The Morgan fingerprint density at radius 2 is 2.05 bits per heavy atom. The third-order valence-electron chi connectivity index (χ3n) is 3.16. The van der Waals surface area contributed by atoms with Gasteiger partial charge in [0.05, 0.1) is 12.8 Å². The number of rotatable bonds is 4. The van der Waals surface area contributed by atoms with Gasteiger partial charge in [-0.2, -0.15) is 0 Å². The van der Waals surface area contributed by atoms with E-state index in [9.17, 15) is 4.79 Å². The topological polar surface area (TPSA) is 51.2 Å². The maximum absolute atomic E-state index is 12.4. The van der Waals surface area contributed by atoms with Crippen molar-refractivity contribution in [3.8, 4) is 16.3 Å². The highest BCUT2D eigenvalue weighted by Gasteiger charge is 2.11. The summed E-state index contributed by atoms with van der Waals surface area (Å²) < 4.78 is 5.24. The van der Waals surface area contributed by atoms with Crippen LogP contribution in [0.25, 0.3) is 10.6 Å². The summed E-state index contributed by atoms with van der Waals surface area (Å²) in [4.78, 5) is 16.7. The number of hydrogen-bond acceptors (Lipinski definition) is 4. The van der Waals surface area contributed by atoms with E-state index >= 15 is 0 Å². The van der Waals surface area contributed by atoms with Gasteiger partial charge in [-0.25, -0.2) is 4.98 Å². The van der Waals surface area contributed by atoms with Crippen molar-refractivity contribution in [3.05, 3.63) is 65.7 Å². The minimum atomic E-state index is -0.178. The number of ether oxygens (including phenoxy) is 1. The Morgan fingerprint density at radius 1 is 1.18 bits per heavy atom. The summed E-state index contributed by atoms with van der Waals surface area (Å²) in [6.45, 7) is 0. The van der Waals surface area contributed by atoms with Gasteiger partial charge >= 0.3 is 0 Å². The van der Waals surface area contributed by atoms with Crippen LogP contribution < -0.4 is 10.1 Å². The Morgan fingerprint density at radius 3 is 2.82 bits per heavy atom. The van der Waals surface area contributed by atoms with Crippen LogP contribution in [0, 0.1) is 0 Å². The fraction of sp³-hybridized carbons (Fsp3) is 0.0588. The molecule has 0 spiro atoms. The van der Waals surface area contributed by atoms with Gasteiger partial charge in [-0.15, -0.1) is 11.3 Å². The normalized spacial score (nSPS) is 10.2. The van der Waals surface area contributed by atoms with Crippen molar-refractivity contribution < 1.29 is 9.53 Å². The summed E-state index contributed by atoms with van der Waals surface area (Å²) >= 11 is 1.54. The molecule has 110 valence electrons. The van der Waals surface area contributed by atoms with Crippen LogP contribution in [0.3, 0.4) is 0 Å². The van der Waals surface area contributed by atoms with Crippen molar-refractivity contribution >= 4 is 22.9 Å². The fourth-order valence-electron chi connectivity index (χ4n) is 2.10.